The molecule has 0 spiro atoms. The second-order valence-electron chi connectivity index (χ2n) is 5.82. The molecule has 0 amide bonds. The first-order chi connectivity index (χ1) is 10.1. The van der Waals surface area contributed by atoms with Crippen LogP contribution in [-0.2, 0) is 6.54 Å². The van der Waals surface area contributed by atoms with Gasteiger partial charge in [0.1, 0.15) is 0 Å². The molecule has 1 heterocycles. The molecular formula is C16H25N3O2. The second-order valence-corrected chi connectivity index (χ2v) is 5.82. The zero-order chi connectivity index (χ0) is 15.2. The van der Waals surface area contributed by atoms with Gasteiger partial charge in [0.15, 0.2) is 0 Å². The topological polar surface area (TPSA) is 58.4 Å². The predicted octanol–water partition coefficient (Wildman–Crippen LogP) is 2.87. The first kappa shape index (κ1) is 15.9. The molecule has 0 atom stereocenters. The fourth-order valence-electron chi connectivity index (χ4n) is 2.99. The van der Waals surface area contributed by atoms with Gasteiger partial charge in [-0.15, -0.1) is 0 Å². The Morgan fingerprint density at radius 3 is 2.71 bits per heavy atom. The van der Waals surface area contributed by atoms with E-state index in [1.54, 1.807) is 12.1 Å². The van der Waals surface area contributed by atoms with E-state index in [1.807, 2.05) is 13.0 Å². The Morgan fingerprint density at radius 2 is 2.10 bits per heavy atom. The third-order valence-electron chi connectivity index (χ3n) is 4.32. The summed E-state index contributed by atoms with van der Waals surface area (Å²) < 4.78 is 0. The molecule has 1 aromatic rings. The molecule has 1 fully saturated rings. The maximum Gasteiger partial charge on any atom is 0.272 e. The molecule has 0 bridgehead atoms. The molecule has 0 unspecified atom stereocenters. The molecule has 1 N–H and O–H groups in total. The fourth-order valence-corrected chi connectivity index (χ4v) is 2.99. The van der Waals surface area contributed by atoms with E-state index in [0.29, 0.717) is 12.6 Å². The maximum absolute atomic E-state index is 11.0. The predicted molar refractivity (Wildman–Crippen MR) is 84.4 cm³/mol. The van der Waals surface area contributed by atoms with Crippen molar-refractivity contribution in [2.75, 3.05) is 19.6 Å². The number of nitro groups is 1. The molecular weight excluding hydrogens is 266 g/mol. The Hall–Kier alpha value is -1.46. The molecule has 1 saturated heterocycles. The van der Waals surface area contributed by atoms with E-state index in [-0.39, 0.29) is 10.6 Å². The molecule has 0 aliphatic carbocycles. The molecule has 116 valence electrons. The van der Waals surface area contributed by atoms with E-state index in [0.717, 1.165) is 37.1 Å². The van der Waals surface area contributed by atoms with Gasteiger partial charge in [0, 0.05) is 24.2 Å². The van der Waals surface area contributed by atoms with Gasteiger partial charge >= 0.3 is 0 Å². The number of hydrogen-bond acceptors (Lipinski definition) is 4. The molecule has 0 aromatic heterocycles. The van der Waals surface area contributed by atoms with Crippen LogP contribution in [0.25, 0.3) is 0 Å². The summed E-state index contributed by atoms with van der Waals surface area (Å²) in [6, 6.07) is 5.84. The number of hydrogen-bond donors (Lipinski definition) is 1. The standard InChI is InChI=1S/C16H25N3O2/c1-3-9-18-10-7-15(8-11-18)17-12-14-5-4-6-16(13(14)2)19(20)21/h4-6,15,17H,3,7-12H2,1-2H3. The molecule has 2 rings (SSSR count). The number of likely N-dealkylation sites (tertiary alicyclic amines) is 1. The summed E-state index contributed by atoms with van der Waals surface area (Å²) in [6.45, 7) is 8.26. The summed E-state index contributed by atoms with van der Waals surface area (Å²) in [5.41, 5.74) is 2.02. The minimum absolute atomic E-state index is 0.215. The lowest BCUT2D eigenvalue weighted by Crippen LogP contribution is -2.42. The molecule has 1 aromatic carbocycles. The van der Waals surface area contributed by atoms with Crippen LogP contribution in [0.4, 0.5) is 5.69 Å². The Kier molecular flexibility index (Phi) is 5.70. The lowest BCUT2D eigenvalue weighted by molar-refractivity contribution is -0.385. The van der Waals surface area contributed by atoms with Gasteiger partial charge in [-0.3, -0.25) is 10.1 Å². The molecule has 1 aliphatic rings. The highest BCUT2D eigenvalue weighted by Gasteiger charge is 2.19. The van der Waals surface area contributed by atoms with Crippen LogP contribution >= 0.6 is 0 Å². The molecule has 5 heteroatoms. The van der Waals surface area contributed by atoms with E-state index >= 15 is 0 Å². The highest BCUT2D eigenvalue weighted by Crippen LogP contribution is 2.21. The van der Waals surface area contributed by atoms with Crippen LogP contribution in [0, 0.1) is 17.0 Å². The monoisotopic (exact) mass is 291 g/mol. The highest BCUT2D eigenvalue weighted by atomic mass is 16.6. The van der Waals surface area contributed by atoms with Crippen LogP contribution in [-0.4, -0.2) is 35.5 Å². The third-order valence-corrected chi connectivity index (χ3v) is 4.32. The van der Waals surface area contributed by atoms with Crippen molar-refractivity contribution in [2.24, 2.45) is 0 Å². The van der Waals surface area contributed by atoms with Gasteiger partial charge in [-0.1, -0.05) is 19.1 Å². The zero-order valence-electron chi connectivity index (χ0n) is 13.0. The Bertz CT molecular complexity index is 482. The minimum atomic E-state index is -0.304. The summed E-state index contributed by atoms with van der Waals surface area (Å²) in [7, 11) is 0. The average molecular weight is 291 g/mol. The first-order valence-corrected chi connectivity index (χ1v) is 7.80. The normalized spacial score (nSPS) is 17.0. The lowest BCUT2D eigenvalue weighted by atomic mass is 10.0. The number of nitrogens with one attached hydrogen (secondary N) is 1. The Morgan fingerprint density at radius 1 is 1.38 bits per heavy atom. The molecule has 21 heavy (non-hydrogen) atoms. The van der Waals surface area contributed by atoms with E-state index in [2.05, 4.69) is 17.1 Å². The number of nitro benzene ring substituents is 1. The molecule has 0 radical (unpaired) electrons. The third kappa shape index (κ3) is 4.25. The maximum atomic E-state index is 11.0. The fraction of sp³-hybridized carbons (Fsp3) is 0.625. The van der Waals surface area contributed by atoms with Crippen molar-refractivity contribution in [3.63, 3.8) is 0 Å². The number of rotatable bonds is 6. The molecule has 5 nitrogen and oxygen atoms in total. The van der Waals surface area contributed by atoms with Gasteiger partial charge in [-0.25, -0.2) is 0 Å². The lowest BCUT2D eigenvalue weighted by Gasteiger charge is -2.32. The Balaban J connectivity index is 1.87. The van der Waals surface area contributed by atoms with Crippen molar-refractivity contribution >= 4 is 5.69 Å². The highest BCUT2D eigenvalue weighted by molar-refractivity contribution is 5.44. The van der Waals surface area contributed by atoms with Crippen LogP contribution < -0.4 is 5.32 Å². The molecule has 0 saturated carbocycles. The summed E-state index contributed by atoms with van der Waals surface area (Å²) in [4.78, 5) is 13.2. The summed E-state index contributed by atoms with van der Waals surface area (Å²) in [5.74, 6) is 0. The van der Waals surface area contributed by atoms with E-state index in [4.69, 9.17) is 0 Å². The van der Waals surface area contributed by atoms with Gasteiger partial charge in [-0.2, -0.15) is 0 Å². The number of nitrogens with zero attached hydrogens (tertiary/aromatic N) is 2. The van der Waals surface area contributed by atoms with Crippen molar-refractivity contribution in [3.05, 3.63) is 39.4 Å². The van der Waals surface area contributed by atoms with Crippen LogP contribution in [0.2, 0.25) is 0 Å². The second kappa shape index (κ2) is 7.52. The summed E-state index contributed by atoms with van der Waals surface area (Å²) in [5, 5.41) is 14.5. The van der Waals surface area contributed by atoms with Gasteiger partial charge < -0.3 is 10.2 Å². The van der Waals surface area contributed by atoms with E-state index in [1.165, 1.54) is 13.0 Å². The van der Waals surface area contributed by atoms with Crippen molar-refractivity contribution in [1.29, 1.82) is 0 Å². The number of benzene rings is 1. The quantitative estimate of drug-likeness (QED) is 0.647. The smallest absolute Gasteiger partial charge is 0.272 e. The van der Waals surface area contributed by atoms with Gasteiger partial charge in [0.2, 0.25) is 0 Å². The molecule has 1 aliphatic heterocycles. The summed E-state index contributed by atoms with van der Waals surface area (Å²) in [6.07, 6.45) is 3.53. The minimum Gasteiger partial charge on any atom is -0.310 e. The van der Waals surface area contributed by atoms with Gasteiger partial charge in [0.05, 0.1) is 4.92 Å². The first-order valence-electron chi connectivity index (χ1n) is 7.80. The van der Waals surface area contributed by atoms with Crippen molar-refractivity contribution in [3.8, 4) is 0 Å². The van der Waals surface area contributed by atoms with Gasteiger partial charge in [0.25, 0.3) is 5.69 Å². The van der Waals surface area contributed by atoms with Crippen LogP contribution in [0.3, 0.4) is 0 Å². The van der Waals surface area contributed by atoms with Crippen LogP contribution in [0.15, 0.2) is 18.2 Å². The number of piperidine rings is 1. The zero-order valence-corrected chi connectivity index (χ0v) is 13.0. The van der Waals surface area contributed by atoms with Crippen molar-refractivity contribution < 1.29 is 4.92 Å². The average Bonchev–Trinajstić information content (AvgIpc) is 2.48. The largest absolute Gasteiger partial charge is 0.310 e. The van der Waals surface area contributed by atoms with Crippen LogP contribution in [0.5, 0.6) is 0 Å². The SMILES string of the molecule is CCCN1CCC(NCc2cccc([N+](=O)[O-])c2C)CC1. The van der Waals surface area contributed by atoms with Crippen LogP contribution in [0.1, 0.15) is 37.3 Å². The van der Waals surface area contributed by atoms with Gasteiger partial charge in [-0.05, 0) is 51.4 Å². The Labute approximate surface area is 126 Å². The van der Waals surface area contributed by atoms with Crippen molar-refractivity contribution in [1.82, 2.24) is 10.2 Å². The van der Waals surface area contributed by atoms with Crippen molar-refractivity contribution in [2.45, 2.75) is 45.7 Å². The van der Waals surface area contributed by atoms with E-state index in [9.17, 15) is 10.1 Å². The van der Waals surface area contributed by atoms with E-state index < -0.39 is 0 Å². The summed E-state index contributed by atoms with van der Waals surface area (Å²) >= 11 is 0.